The lowest BCUT2D eigenvalue weighted by Crippen LogP contribution is -2.46. The molecule has 2 aromatic rings. The van der Waals surface area contributed by atoms with Crippen LogP contribution in [0.25, 0.3) is 0 Å². The average molecular weight is 407 g/mol. The normalized spacial score (nSPS) is 15.3. The van der Waals surface area contributed by atoms with Crippen molar-refractivity contribution in [3.63, 3.8) is 0 Å². The van der Waals surface area contributed by atoms with E-state index in [-0.39, 0.29) is 18.9 Å². The molecular weight excluding hydrogens is 390 g/mol. The first kappa shape index (κ1) is 19.3. The van der Waals surface area contributed by atoms with E-state index < -0.39 is 36.8 Å². The number of carbonyl (C=O) groups is 5. The van der Waals surface area contributed by atoms with Gasteiger partial charge >= 0.3 is 5.97 Å². The van der Waals surface area contributed by atoms with Gasteiger partial charge in [-0.05, 0) is 23.8 Å². The number of nitrogens with one attached hydrogen (secondary N) is 1. The fourth-order valence-corrected chi connectivity index (χ4v) is 3.41. The molecular formula is C21H17N3O6. The van der Waals surface area contributed by atoms with Crippen LogP contribution in [0.5, 0.6) is 0 Å². The average Bonchev–Trinajstić information content (AvgIpc) is 2.74. The molecule has 0 saturated carbocycles. The number of hydrogen-bond donors (Lipinski definition) is 1. The van der Waals surface area contributed by atoms with Crippen LogP contribution < -0.4 is 10.2 Å². The Morgan fingerprint density at radius 3 is 2.57 bits per heavy atom. The van der Waals surface area contributed by atoms with Crippen molar-refractivity contribution in [2.45, 2.75) is 6.42 Å². The number of anilines is 2. The number of esters is 1. The van der Waals surface area contributed by atoms with E-state index in [1.807, 2.05) is 0 Å². The van der Waals surface area contributed by atoms with Crippen molar-refractivity contribution in [3.8, 4) is 0 Å². The first-order valence-electron chi connectivity index (χ1n) is 9.21. The zero-order chi connectivity index (χ0) is 21.3. The Bertz CT molecular complexity index is 1080. The molecule has 2 heterocycles. The summed E-state index contributed by atoms with van der Waals surface area (Å²) < 4.78 is 4.99. The minimum absolute atomic E-state index is 0.00774. The van der Waals surface area contributed by atoms with Crippen LogP contribution in [-0.4, -0.2) is 54.2 Å². The topological polar surface area (TPSA) is 113 Å². The van der Waals surface area contributed by atoms with E-state index in [4.69, 9.17) is 4.74 Å². The minimum Gasteiger partial charge on any atom is -0.454 e. The highest BCUT2D eigenvalue weighted by molar-refractivity contribution is 6.12. The fourth-order valence-electron chi connectivity index (χ4n) is 3.41. The Labute approximate surface area is 171 Å². The largest absolute Gasteiger partial charge is 0.454 e. The van der Waals surface area contributed by atoms with E-state index in [0.29, 0.717) is 22.5 Å². The Hall–Kier alpha value is -4.01. The summed E-state index contributed by atoms with van der Waals surface area (Å²) in [6.07, 6.45) is 0.00774. The number of nitrogens with zero attached hydrogens (tertiary/aromatic N) is 2. The molecule has 4 rings (SSSR count). The molecule has 9 heteroatoms. The quantitative estimate of drug-likeness (QED) is 0.591. The van der Waals surface area contributed by atoms with Gasteiger partial charge in [0.15, 0.2) is 6.61 Å². The number of ether oxygens (including phenoxy) is 1. The minimum atomic E-state index is -0.890. The zero-order valence-corrected chi connectivity index (χ0v) is 15.8. The third-order valence-corrected chi connectivity index (χ3v) is 4.85. The van der Waals surface area contributed by atoms with Crippen molar-refractivity contribution in [1.29, 1.82) is 0 Å². The van der Waals surface area contributed by atoms with Gasteiger partial charge < -0.3 is 10.1 Å². The molecule has 4 amide bonds. The van der Waals surface area contributed by atoms with Gasteiger partial charge in [0.05, 0.1) is 17.8 Å². The van der Waals surface area contributed by atoms with Crippen molar-refractivity contribution in [3.05, 3.63) is 59.7 Å². The van der Waals surface area contributed by atoms with E-state index >= 15 is 0 Å². The molecule has 2 aliphatic heterocycles. The second kappa shape index (κ2) is 7.78. The maximum absolute atomic E-state index is 12.5. The van der Waals surface area contributed by atoms with E-state index in [2.05, 4.69) is 5.32 Å². The van der Waals surface area contributed by atoms with Gasteiger partial charge in [-0.25, -0.2) is 0 Å². The molecule has 9 nitrogen and oxygen atoms in total. The Morgan fingerprint density at radius 1 is 1.00 bits per heavy atom. The lowest BCUT2D eigenvalue weighted by atomic mass is 9.98. The third-order valence-electron chi connectivity index (χ3n) is 4.85. The first-order valence-corrected chi connectivity index (χ1v) is 9.21. The second-order valence-corrected chi connectivity index (χ2v) is 6.82. The molecule has 0 unspecified atom stereocenters. The number of para-hydroxylation sites is 2. The number of amides is 4. The van der Waals surface area contributed by atoms with Gasteiger partial charge in [0.25, 0.3) is 11.8 Å². The smallest absolute Gasteiger partial charge is 0.326 e. The zero-order valence-electron chi connectivity index (χ0n) is 15.8. The fraction of sp³-hybridized carbons (Fsp3) is 0.190. The van der Waals surface area contributed by atoms with Gasteiger partial charge in [-0.2, -0.15) is 0 Å². The number of rotatable bonds is 4. The van der Waals surface area contributed by atoms with Crippen LogP contribution in [0.1, 0.15) is 15.9 Å². The highest BCUT2D eigenvalue weighted by Gasteiger charge is 2.33. The lowest BCUT2D eigenvalue weighted by molar-refractivity contribution is -0.150. The predicted molar refractivity (Wildman–Crippen MR) is 105 cm³/mol. The summed E-state index contributed by atoms with van der Waals surface area (Å²) in [4.78, 5) is 63.3. The number of fused-ring (bicyclic) bond motifs is 2. The third kappa shape index (κ3) is 3.64. The molecule has 0 saturated heterocycles. The van der Waals surface area contributed by atoms with E-state index in [9.17, 15) is 24.0 Å². The Balaban J connectivity index is 1.39. The summed E-state index contributed by atoms with van der Waals surface area (Å²) in [5.74, 6) is -2.93. The van der Waals surface area contributed by atoms with Crippen LogP contribution in [0.4, 0.5) is 11.4 Å². The summed E-state index contributed by atoms with van der Waals surface area (Å²) >= 11 is 0. The predicted octanol–water partition coefficient (Wildman–Crippen LogP) is 0.740. The van der Waals surface area contributed by atoms with Gasteiger partial charge in [-0.15, -0.1) is 0 Å². The molecule has 1 N–H and O–H groups in total. The molecule has 2 aromatic carbocycles. The van der Waals surface area contributed by atoms with Gasteiger partial charge in [-0.1, -0.05) is 30.3 Å². The van der Waals surface area contributed by atoms with Crippen LogP contribution in [-0.2, 0) is 30.3 Å². The molecule has 0 aromatic heterocycles. The standard InChI is InChI=1S/C21H17N3O6/c25-17-10-23(16-8-4-3-7-15(16)22-17)19(27)12-30-20(28)11-24-18(26)9-13-5-1-2-6-14(13)21(24)29/h1-8H,9-12H2,(H,22,25). The van der Waals surface area contributed by atoms with Crippen molar-refractivity contribution in [2.24, 2.45) is 0 Å². The highest BCUT2D eigenvalue weighted by Crippen LogP contribution is 2.28. The molecule has 0 aliphatic carbocycles. The summed E-state index contributed by atoms with van der Waals surface area (Å²) in [6, 6.07) is 13.4. The van der Waals surface area contributed by atoms with Crippen molar-refractivity contribution < 1.29 is 28.7 Å². The number of carbonyl (C=O) groups excluding carboxylic acids is 5. The monoisotopic (exact) mass is 407 g/mol. The Morgan fingerprint density at radius 2 is 1.73 bits per heavy atom. The molecule has 2 aliphatic rings. The number of benzene rings is 2. The maximum atomic E-state index is 12.5. The van der Waals surface area contributed by atoms with Gasteiger partial charge in [0.2, 0.25) is 11.8 Å². The number of hydrogen-bond acceptors (Lipinski definition) is 6. The van der Waals surface area contributed by atoms with Crippen LogP contribution in [0.3, 0.4) is 0 Å². The molecule has 0 atom stereocenters. The van der Waals surface area contributed by atoms with Crippen LogP contribution in [0.2, 0.25) is 0 Å². The lowest BCUT2D eigenvalue weighted by Gasteiger charge is -2.29. The molecule has 0 fully saturated rings. The van der Waals surface area contributed by atoms with E-state index in [0.717, 1.165) is 4.90 Å². The molecule has 0 radical (unpaired) electrons. The second-order valence-electron chi connectivity index (χ2n) is 6.82. The number of imide groups is 1. The first-order chi connectivity index (χ1) is 14.4. The SMILES string of the molecule is O=C1CN(C(=O)COC(=O)CN2C(=O)Cc3ccccc3C2=O)c2ccccc2N1. The van der Waals surface area contributed by atoms with E-state index in [1.54, 1.807) is 48.5 Å². The maximum Gasteiger partial charge on any atom is 0.326 e. The van der Waals surface area contributed by atoms with Crippen LogP contribution in [0, 0.1) is 0 Å². The molecule has 0 bridgehead atoms. The van der Waals surface area contributed by atoms with Crippen molar-refractivity contribution in [2.75, 3.05) is 29.9 Å². The molecule has 30 heavy (non-hydrogen) atoms. The van der Waals surface area contributed by atoms with Crippen LogP contribution in [0.15, 0.2) is 48.5 Å². The van der Waals surface area contributed by atoms with Crippen LogP contribution >= 0.6 is 0 Å². The van der Waals surface area contributed by atoms with E-state index in [1.165, 1.54) is 4.90 Å². The van der Waals surface area contributed by atoms with Gasteiger partial charge in [-0.3, -0.25) is 33.8 Å². The molecule has 0 spiro atoms. The van der Waals surface area contributed by atoms with Gasteiger partial charge in [0.1, 0.15) is 13.1 Å². The van der Waals surface area contributed by atoms with Crippen molar-refractivity contribution >= 4 is 41.0 Å². The van der Waals surface area contributed by atoms with Crippen molar-refractivity contribution in [1.82, 2.24) is 4.90 Å². The highest BCUT2D eigenvalue weighted by atomic mass is 16.5. The molecule has 152 valence electrons. The summed E-state index contributed by atoms with van der Waals surface area (Å²) in [5.41, 5.74) is 1.94. The van der Waals surface area contributed by atoms with Gasteiger partial charge in [0, 0.05) is 5.56 Å². The Kier molecular flexibility index (Phi) is 5.01. The summed E-state index contributed by atoms with van der Waals surface area (Å²) in [6.45, 7) is -1.41. The summed E-state index contributed by atoms with van der Waals surface area (Å²) in [5, 5.41) is 2.66. The summed E-state index contributed by atoms with van der Waals surface area (Å²) in [7, 11) is 0.